The van der Waals surface area contributed by atoms with Crippen molar-refractivity contribution < 1.29 is 4.39 Å². The van der Waals surface area contributed by atoms with E-state index in [2.05, 4.69) is 27.8 Å². The van der Waals surface area contributed by atoms with Crippen molar-refractivity contribution in [3.63, 3.8) is 0 Å². The second-order valence-electron chi connectivity index (χ2n) is 6.82. The van der Waals surface area contributed by atoms with E-state index in [9.17, 15) is 4.39 Å². The van der Waals surface area contributed by atoms with Crippen LogP contribution in [-0.4, -0.2) is 32.3 Å². The molecule has 3 N–H and O–H groups in total. The maximum absolute atomic E-state index is 13.4. The van der Waals surface area contributed by atoms with Gasteiger partial charge in [0, 0.05) is 18.6 Å². The van der Waals surface area contributed by atoms with Crippen LogP contribution in [0.4, 0.5) is 4.39 Å². The molecule has 1 saturated carbocycles. The second kappa shape index (κ2) is 8.49. The molecule has 3 unspecified atom stereocenters. The standard InChI is InChI=1S/C18H27FN6/c1-2-3-12-25-18(22-23-24-25)17(13-8-10-14(19)11-9-13)21-16-7-5-4-6-15(16)20/h8-11,15-17,21H,2-7,12,20H2,1H3. The van der Waals surface area contributed by atoms with Crippen LogP contribution in [0.25, 0.3) is 0 Å². The Hall–Kier alpha value is -1.86. The lowest BCUT2D eigenvalue weighted by atomic mass is 9.89. The molecule has 1 aromatic heterocycles. The summed E-state index contributed by atoms with van der Waals surface area (Å²) in [6, 6.07) is 6.68. The highest BCUT2D eigenvalue weighted by Gasteiger charge is 2.28. The van der Waals surface area contributed by atoms with Crippen molar-refractivity contribution >= 4 is 0 Å². The number of nitrogens with zero attached hydrogens (tertiary/aromatic N) is 4. The molecule has 1 aliphatic rings. The van der Waals surface area contributed by atoms with Crippen molar-refractivity contribution in [2.45, 2.75) is 70.1 Å². The van der Waals surface area contributed by atoms with Crippen LogP contribution in [0.5, 0.6) is 0 Å². The average molecular weight is 346 g/mol. The normalized spacial score (nSPS) is 22.0. The summed E-state index contributed by atoms with van der Waals surface area (Å²) in [5.41, 5.74) is 7.27. The fraction of sp³-hybridized carbons (Fsp3) is 0.611. The summed E-state index contributed by atoms with van der Waals surface area (Å²) in [6.07, 6.45) is 6.49. The molecule has 25 heavy (non-hydrogen) atoms. The van der Waals surface area contributed by atoms with E-state index in [0.717, 1.165) is 43.6 Å². The van der Waals surface area contributed by atoms with Crippen LogP contribution >= 0.6 is 0 Å². The molecule has 0 aliphatic heterocycles. The van der Waals surface area contributed by atoms with Crippen LogP contribution in [0, 0.1) is 5.82 Å². The zero-order valence-corrected chi connectivity index (χ0v) is 14.7. The van der Waals surface area contributed by atoms with Gasteiger partial charge in [-0.3, -0.25) is 5.32 Å². The summed E-state index contributed by atoms with van der Waals surface area (Å²) in [5, 5.41) is 15.9. The van der Waals surface area contributed by atoms with E-state index >= 15 is 0 Å². The molecule has 1 heterocycles. The minimum Gasteiger partial charge on any atom is -0.326 e. The second-order valence-corrected chi connectivity index (χ2v) is 6.82. The van der Waals surface area contributed by atoms with Crippen molar-refractivity contribution in [2.24, 2.45) is 5.73 Å². The monoisotopic (exact) mass is 346 g/mol. The van der Waals surface area contributed by atoms with E-state index < -0.39 is 0 Å². The third kappa shape index (κ3) is 4.41. The van der Waals surface area contributed by atoms with Gasteiger partial charge in [-0.15, -0.1) is 5.10 Å². The molecule has 6 nitrogen and oxygen atoms in total. The molecule has 1 fully saturated rings. The van der Waals surface area contributed by atoms with Crippen LogP contribution in [0.15, 0.2) is 24.3 Å². The third-order valence-electron chi connectivity index (χ3n) is 4.94. The fourth-order valence-corrected chi connectivity index (χ4v) is 3.44. The molecule has 0 radical (unpaired) electrons. The lowest BCUT2D eigenvalue weighted by Gasteiger charge is -2.33. The topological polar surface area (TPSA) is 81.7 Å². The predicted molar refractivity (Wildman–Crippen MR) is 94.3 cm³/mol. The number of rotatable bonds is 7. The van der Waals surface area contributed by atoms with Gasteiger partial charge in [0.1, 0.15) is 5.82 Å². The summed E-state index contributed by atoms with van der Waals surface area (Å²) in [4.78, 5) is 0. The molecular weight excluding hydrogens is 319 g/mol. The first-order valence-corrected chi connectivity index (χ1v) is 9.22. The summed E-state index contributed by atoms with van der Waals surface area (Å²) in [7, 11) is 0. The Morgan fingerprint density at radius 3 is 2.76 bits per heavy atom. The summed E-state index contributed by atoms with van der Waals surface area (Å²) < 4.78 is 15.2. The number of nitrogens with one attached hydrogen (secondary N) is 1. The van der Waals surface area contributed by atoms with Gasteiger partial charge in [-0.05, 0) is 47.4 Å². The third-order valence-corrected chi connectivity index (χ3v) is 4.94. The number of nitrogens with two attached hydrogens (primary N) is 1. The quantitative estimate of drug-likeness (QED) is 0.805. The van der Waals surface area contributed by atoms with Gasteiger partial charge in [0.05, 0.1) is 6.04 Å². The van der Waals surface area contributed by atoms with E-state index in [1.165, 1.54) is 25.0 Å². The highest BCUT2D eigenvalue weighted by molar-refractivity contribution is 5.25. The van der Waals surface area contributed by atoms with Crippen LogP contribution in [-0.2, 0) is 6.54 Å². The number of aryl methyl sites for hydroxylation is 1. The van der Waals surface area contributed by atoms with Gasteiger partial charge in [-0.1, -0.05) is 38.3 Å². The lowest BCUT2D eigenvalue weighted by Crippen LogP contribution is -2.48. The van der Waals surface area contributed by atoms with Crippen molar-refractivity contribution in [1.29, 1.82) is 0 Å². The van der Waals surface area contributed by atoms with Crippen molar-refractivity contribution in [3.8, 4) is 0 Å². The minimum absolute atomic E-state index is 0.122. The van der Waals surface area contributed by atoms with E-state index in [1.54, 1.807) is 12.1 Å². The molecule has 0 amide bonds. The van der Waals surface area contributed by atoms with Gasteiger partial charge in [0.2, 0.25) is 0 Å². The number of hydrogen-bond donors (Lipinski definition) is 2. The fourth-order valence-electron chi connectivity index (χ4n) is 3.44. The molecule has 2 aromatic rings. The zero-order chi connectivity index (χ0) is 17.6. The van der Waals surface area contributed by atoms with Crippen molar-refractivity contribution in [2.75, 3.05) is 0 Å². The largest absolute Gasteiger partial charge is 0.326 e. The van der Waals surface area contributed by atoms with Gasteiger partial charge >= 0.3 is 0 Å². The maximum atomic E-state index is 13.4. The Morgan fingerprint density at radius 2 is 2.04 bits per heavy atom. The van der Waals surface area contributed by atoms with Gasteiger partial charge < -0.3 is 5.73 Å². The molecule has 7 heteroatoms. The molecule has 0 bridgehead atoms. The SMILES string of the molecule is CCCCn1nnnc1C(NC1CCCCC1N)c1ccc(F)cc1. The molecule has 0 spiro atoms. The zero-order valence-electron chi connectivity index (χ0n) is 14.7. The smallest absolute Gasteiger partial charge is 0.172 e. The first kappa shape index (κ1) is 17.9. The Kier molecular flexibility index (Phi) is 6.09. The highest BCUT2D eigenvalue weighted by Crippen LogP contribution is 2.25. The number of unbranched alkanes of at least 4 members (excludes halogenated alkanes) is 1. The van der Waals surface area contributed by atoms with Crippen LogP contribution in [0.2, 0.25) is 0 Å². The minimum atomic E-state index is -0.248. The van der Waals surface area contributed by atoms with Crippen molar-refractivity contribution in [3.05, 3.63) is 41.5 Å². The predicted octanol–water partition coefficient (Wildman–Crippen LogP) is 2.56. The number of tetrazole rings is 1. The summed E-state index contributed by atoms with van der Waals surface area (Å²) in [5.74, 6) is 0.514. The molecule has 0 saturated heterocycles. The molecule has 3 atom stereocenters. The van der Waals surface area contributed by atoms with Gasteiger partial charge in [-0.25, -0.2) is 9.07 Å². The van der Waals surface area contributed by atoms with E-state index in [4.69, 9.17) is 5.73 Å². The Balaban J connectivity index is 1.88. The van der Waals surface area contributed by atoms with E-state index in [0.29, 0.717) is 0 Å². The van der Waals surface area contributed by atoms with Crippen molar-refractivity contribution in [1.82, 2.24) is 25.5 Å². The van der Waals surface area contributed by atoms with Crippen LogP contribution in [0.1, 0.15) is 62.9 Å². The number of benzene rings is 1. The number of aromatic nitrogens is 4. The average Bonchev–Trinajstić information content (AvgIpc) is 3.08. The molecule has 136 valence electrons. The molecule has 1 aliphatic carbocycles. The maximum Gasteiger partial charge on any atom is 0.172 e. The molecule has 1 aromatic carbocycles. The Labute approximate surface area is 148 Å². The number of hydrogen-bond acceptors (Lipinski definition) is 5. The first-order valence-electron chi connectivity index (χ1n) is 9.22. The Morgan fingerprint density at radius 1 is 1.28 bits per heavy atom. The van der Waals surface area contributed by atoms with Gasteiger partial charge in [0.15, 0.2) is 5.82 Å². The summed E-state index contributed by atoms with van der Waals surface area (Å²) in [6.45, 7) is 2.91. The number of halogens is 1. The van der Waals surface area contributed by atoms with Gasteiger partial charge in [0.25, 0.3) is 0 Å². The highest BCUT2D eigenvalue weighted by atomic mass is 19.1. The van der Waals surface area contributed by atoms with Gasteiger partial charge in [-0.2, -0.15) is 0 Å². The molecule has 3 rings (SSSR count). The van der Waals surface area contributed by atoms with E-state index in [-0.39, 0.29) is 23.9 Å². The van der Waals surface area contributed by atoms with Crippen LogP contribution in [0.3, 0.4) is 0 Å². The first-order chi connectivity index (χ1) is 12.2. The summed E-state index contributed by atoms with van der Waals surface area (Å²) >= 11 is 0. The van der Waals surface area contributed by atoms with E-state index in [1.807, 2.05) is 4.68 Å². The Bertz CT molecular complexity index is 656. The molecular formula is C18H27FN6. The lowest BCUT2D eigenvalue weighted by molar-refractivity contribution is 0.305. The van der Waals surface area contributed by atoms with Crippen LogP contribution < -0.4 is 11.1 Å².